The van der Waals surface area contributed by atoms with E-state index < -0.39 is 0 Å². The number of aromatic amines is 1. The van der Waals surface area contributed by atoms with Crippen LogP contribution in [0, 0.1) is 6.92 Å². The van der Waals surface area contributed by atoms with Crippen LogP contribution < -0.4 is 5.73 Å². The van der Waals surface area contributed by atoms with Crippen molar-refractivity contribution >= 4 is 22.5 Å². The summed E-state index contributed by atoms with van der Waals surface area (Å²) in [6, 6.07) is 9.07. The summed E-state index contributed by atoms with van der Waals surface area (Å²) in [7, 11) is 0. The molecule has 3 N–H and O–H groups in total. The topological polar surface area (TPSA) is 76.7 Å². The van der Waals surface area contributed by atoms with Crippen molar-refractivity contribution in [3.05, 3.63) is 47.9 Å². The van der Waals surface area contributed by atoms with Crippen molar-refractivity contribution in [2.45, 2.75) is 6.92 Å². The third kappa shape index (κ3) is 1.48. The minimum absolute atomic E-state index is 0.167. The van der Waals surface area contributed by atoms with Gasteiger partial charge in [-0.25, -0.2) is 0 Å². The molecule has 0 saturated carbocycles. The third-order valence-electron chi connectivity index (χ3n) is 2.91. The van der Waals surface area contributed by atoms with E-state index in [-0.39, 0.29) is 5.91 Å². The molecule has 0 saturated heterocycles. The van der Waals surface area contributed by atoms with Crippen molar-refractivity contribution in [1.29, 1.82) is 0 Å². The van der Waals surface area contributed by atoms with Crippen molar-refractivity contribution in [3.63, 3.8) is 0 Å². The standard InChI is InChI=1S/C13H12N4O/c1-8-7-11(16-15-8)13(18)17-6-5-9-10(14)3-2-4-12(9)17/h2-7H,14H2,1H3,(H,15,16). The average Bonchev–Trinajstić information content (AvgIpc) is 2.95. The first-order chi connectivity index (χ1) is 8.66. The fourth-order valence-corrected chi connectivity index (χ4v) is 2.02. The Balaban J connectivity index is 2.15. The van der Waals surface area contributed by atoms with Crippen LogP contribution in [-0.2, 0) is 0 Å². The average molecular weight is 240 g/mol. The Kier molecular flexibility index (Phi) is 2.19. The van der Waals surface area contributed by atoms with E-state index in [0.717, 1.165) is 16.6 Å². The second-order valence-corrected chi connectivity index (χ2v) is 4.21. The van der Waals surface area contributed by atoms with Gasteiger partial charge in [0, 0.05) is 23.0 Å². The monoisotopic (exact) mass is 240 g/mol. The van der Waals surface area contributed by atoms with Crippen LogP contribution in [0.3, 0.4) is 0 Å². The number of fused-ring (bicyclic) bond motifs is 1. The lowest BCUT2D eigenvalue weighted by Gasteiger charge is -2.02. The number of carbonyl (C=O) groups is 1. The maximum absolute atomic E-state index is 12.3. The van der Waals surface area contributed by atoms with Crippen LogP contribution >= 0.6 is 0 Å². The number of nitrogen functional groups attached to an aromatic ring is 1. The van der Waals surface area contributed by atoms with E-state index in [1.807, 2.05) is 31.2 Å². The van der Waals surface area contributed by atoms with Crippen LogP contribution in [-0.4, -0.2) is 20.7 Å². The first-order valence-corrected chi connectivity index (χ1v) is 5.59. The van der Waals surface area contributed by atoms with E-state index in [0.29, 0.717) is 11.4 Å². The quantitative estimate of drug-likeness (QED) is 0.638. The maximum atomic E-state index is 12.3. The van der Waals surface area contributed by atoms with E-state index in [4.69, 9.17) is 5.73 Å². The van der Waals surface area contributed by atoms with Gasteiger partial charge in [-0.05, 0) is 31.2 Å². The van der Waals surface area contributed by atoms with Gasteiger partial charge in [0.05, 0.1) is 5.52 Å². The number of benzene rings is 1. The molecule has 2 aromatic heterocycles. The van der Waals surface area contributed by atoms with Gasteiger partial charge < -0.3 is 5.73 Å². The normalized spacial score (nSPS) is 10.9. The molecular formula is C13H12N4O. The number of hydrogen-bond acceptors (Lipinski definition) is 3. The van der Waals surface area contributed by atoms with E-state index in [1.165, 1.54) is 0 Å². The number of aryl methyl sites for hydroxylation is 1. The van der Waals surface area contributed by atoms with Gasteiger partial charge in [0.25, 0.3) is 5.91 Å². The minimum atomic E-state index is -0.167. The molecule has 18 heavy (non-hydrogen) atoms. The Bertz CT molecular complexity index is 738. The Labute approximate surface area is 103 Å². The number of carbonyl (C=O) groups excluding carboxylic acids is 1. The summed E-state index contributed by atoms with van der Waals surface area (Å²) in [5, 5.41) is 7.61. The van der Waals surface area contributed by atoms with E-state index in [2.05, 4.69) is 10.2 Å². The predicted octanol–water partition coefficient (Wildman–Crippen LogP) is 1.94. The van der Waals surface area contributed by atoms with Crippen molar-refractivity contribution < 1.29 is 4.79 Å². The predicted molar refractivity (Wildman–Crippen MR) is 69.4 cm³/mol. The van der Waals surface area contributed by atoms with Crippen molar-refractivity contribution in [2.75, 3.05) is 5.73 Å². The summed E-state index contributed by atoms with van der Waals surface area (Å²) >= 11 is 0. The maximum Gasteiger partial charge on any atom is 0.282 e. The van der Waals surface area contributed by atoms with E-state index >= 15 is 0 Å². The SMILES string of the molecule is Cc1cc(C(=O)n2ccc3c(N)cccc32)n[nH]1. The molecule has 0 spiro atoms. The molecule has 0 unspecified atom stereocenters. The van der Waals surface area contributed by atoms with Gasteiger partial charge in [-0.3, -0.25) is 14.5 Å². The van der Waals surface area contributed by atoms with Gasteiger partial charge in [0.15, 0.2) is 5.69 Å². The number of nitrogens with two attached hydrogens (primary N) is 1. The fourth-order valence-electron chi connectivity index (χ4n) is 2.02. The summed E-state index contributed by atoms with van der Waals surface area (Å²) in [4.78, 5) is 12.3. The number of anilines is 1. The van der Waals surface area contributed by atoms with Gasteiger partial charge in [0.1, 0.15) is 0 Å². The first-order valence-electron chi connectivity index (χ1n) is 5.59. The number of hydrogen-bond donors (Lipinski definition) is 2. The van der Waals surface area contributed by atoms with Crippen LogP contribution in [0.5, 0.6) is 0 Å². The summed E-state index contributed by atoms with van der Waals surface area (Å²) in [6.07, 6.45) is 1.72. The molecule has 5 heteroatoms. The molecule has 5 nitrogen and oxygen atoms in total. The third-order valence-corrected chi connectivity index (χ3v) is 2.91. The van der Waals surface area contributed by atoms with E-state index in [1.54, 1.807) is 16.8 Å². The highest BCUT2D eigenvalue weighted by Crippen LogP contribution is 2.22. The number of rotatable bonds is 1. The molecule has 0 amide bonds. The zero-order valence-electron chi connectivity index (χ0n) is 9.84. The molecule has 0 aliphatic carbocycles. The minimum Gasteiger partial charge on any atom is -0.398 e. The molecular weight excluding hydrogens is 228 g/mol. The summed E-state index contributed by atoms with van der Waals surface area (Å²) in [5.41, 5.74) is 8.57. The Morgan fingerprint density at radius 3 is 2.94 bits per heavy atom. The highest BCUT2D eigenvalue weighted by molar-refractivity contribution is 6.03. The Morgan fingerprint density at radius 1 is 1.39 bits per heavy atom. The van der Waals surface area contributed by atoms with Crippen molar-refractivity contribution in [2.24, 2.45) is 0 Å². The zero-order chi connectivity index (χ0) is 12.7. The molecule has 3 rings (SSSR count). The van der Waals surface area contributed by atoms with E-state index in [9.17, 15) is 4.79 Å². The van der Waals surface area contributed by atoms with Crippen molar-refractivity contribution in [3.8, 4) is 0 Å². The molecule has 0 aliphatic heterocycles. The van der Waals surface area contributed by atoms with Gasteiger partial charge in [0.2, 0.25) is 0 Å². The summed E-state index contributed by atoms with van der Waals surface area (Å²) in [5.74, 6) is -0.167. The number of nitrogens with zero attached hydrogens (tertiary/aromatic N) is 2. The van der Waals surface area contributed by atoms with Crippen molar-refractivity contribution in [1.82, 2.24) is 14.8 Å². The molecule has 0 atom stereocenters. The second kappa shape index (κ2) is 3.73. The molecule has 1 aromatic carbocycles. The molecule has 0 aliphatic rings. The van der Waals surface area contributed by atoms with Crippen LogP contribution in [0.15, 0.2) is 36.5 Å². The molecule has 3 aromatic rings. The lowest BCUT2D eigenvalue weighted by molar-refractivity contribution is 0.0960. The van der Waals surface area contributed by atoms with Crippen LogP contribution in [0.1, 0.15) is 16.2 Å². The first kappa shape index (κ1) is 10.6. The van der Waals surface area contributed by atoms with Gasteiger partial charge in [-0.2, -0.15) is 5.10 Å². The lowest BCUT2D eigenvalue weighted by atomic mass is 10.2. The van der Waals surface area contributed by atoms with Gasteiger partial charge in [-0.1, -0.05) is 6.07 Å². The van der Waals surface area contributed by atoms with Gasteiger partial charge in [-0.15, -0.1) is 0 Å². The Hall–Kier alpha value is -2.56. The highest BCUT2D eigenvalue weighted by atomic mass is 16.2. The summed E-state index contributed by atoms with van der Waals surface area (Å²) < 4.78 is 1.56. The zero-order valence-corrected chi connectivity index (χ0v) is 9.84. The molecule has 0 radical (unpaired) electrons. The lowest BCUT2D eigenvalue weighted by Crippen LogP contribution is -2.11. The summed E-state index contributed by atoms with van der Waals surface area (Å²) in [6.45, 7) is 1.86. The fraction of sp³-hybridized carbons (Fsp3) is 0.0769. The molecule has 0 fully saturated rings. The smallest absolute Gasteiger partial charge is 0.282 e. The van der Waals surface area contributed by atoms with Crippen LogP contribution in [0.2, 0.25) is 0 Å². The number of nitrogens with one attached hydrogen (secondary N) is 1. The Morgan fingerprint density at radius 2 is 2.22 bits per heavy atom. The second-order valence-electron chi connectivity index (χ2n) is 4.21. The van der Waals surface area contributed by atoms with Crippen LogP contribution in [0.4, 0.5) is 5.69 Å². The van der Waals surface area contributed by atoms with Crippen LogP contribution in [0.25, 0.3) is 10.9 Å². The molecule has 0 bridgehead atoms. The van der Waals surface area contributed by atoms with Gasteiger partial charge >= 0.3 is 0 Å². The molecule has 90 valence electrons. The highest BCUT2D eigenvalue weighted by Gasteiger charge is 2.14. The number of aromatic nitrogens is 3. The molecule has 2 heterocycles. The largest absolute Gasteiger partial charge is 0.398 e. The number of H-pyrrole nitrogens is 1.